The summed E-state index contributed by atoms with van der Waals surface area (Å²) >= 11 is 0. The molecule has 0 bridgehead atoms. The number of nitrogens with zero attached hydrogens (tertiary/aromatic N) is 1. The molecule has 1 aliphatic heterocycles. The monoisotopic (exact) mass is 158 g/mol. The third kappa shape index (κ3) is 1.92. The molecule has 1 saturated heterocycles. The van der Waals surface area contributed by atoms with E-state index in [1.54, 1.807) is 0 Å². The standard InChI is InChI=1S/C8H18N2O/c1-6(2)10-3-7(5-11)8(9)4-10/h6-8,11H,3-5,9H2,1-2H3/t7-,8-/m1/s1. The van der Waals surface area contributed by atoms with Gasteiger partial charge in [0.15, 0.2) is 0 Å². The van der Waals surface area contributed by atoms with Crippen LogP contribution in [0.4, 0.5) is 0 Å². The van der Waals surface area contributed by atoms with Crippen molar-refractivity contribution in [2.75, 3.05) is 19.7 Å². The molecule has 0 amide bonds. The van der Waals surface area contributed by atoms with Crippen LogP contribution in [-0.2, 0) is 0 Å². The first kappa shape index (κ1) is 8.97. The smallest absolute Gasteiger partial charge is 0.0486 e. The number of aliphatic hydroxyl groups is 1. The van der Waals surface area contributed by atoms with Crippen molar-refractivity contribution in [3.05, 3.63) is 0 Å². The molecule has 1 rings (SSSR count). The van der Waals surface area contributed by atoms with Crippen LogP contribution in [0.3, 0.4) is 0 Å². The fourth-order valence-corrected chi connectivity index (χ4v) is 1.55. The molecule has 0 spiro atoms. The van der Waals surface area contributed by atoms with E-state index in [1.165, 1.54) is 0 Å². The average Bonchev–Trinajstić information content (AvgIpc) is 2.31. The van der Waals surface area contributed by atoms with Crippen molar-refractivity contribution in [2.24, 2.45) is 11.7 Å². The Labute approximate surface area is 68.2 Å². The number of likely N-dealkylation sites (tertiary alicyclic amines) is 1. The highest BCUT2D eigenvalue weighted by atomic mass is 16.3. The molecule has 1 fully saturated rings. The summed E-state index contributed by atoms with van der Waals surface area (Å²) in [6.45, 7) is 6.43. The zero-order chi connectivity index (χ0) is 8.43. The number of rotatable bonds is 2. The number of hydrogen-bond donors (Lipinski definition) is 2. The molecule has 0 aromatic heterocycles. The molecule has 0 unspecified atom stereocenters. The Morgan fingerprint density at radius 3 is 2.45 bits per heavy atom. The van der Waals surface area contributed by atoms with Gasteiger partial charge < -0.3 is 10.8 Å². The molecule has 11 heavy (non-hydrogen) atoms. The second kappa shape index (κ2) is 3.52. The molecule has 0 saturated carbocycles. The third-order valence-electron chi connectivity index (χ3n) is 2.48. The predicted molar refractivity (Wildman–Crippen MR) is 45.3 cm³/mol. The van der Waals surface area contributed by atoms with E-state index in [9.17, 15) is 0 Å². The Kier molecular flexibility index (Phi) is 2.87. The minimum absolute atomic E-state index is 0.169. The molecule has 1 aliphatic rings. The zero-order valence-corrected chi connectivity index (χ0v) is 7.33. The van der Waals surface area contributed by atoms with Crippen LogP contribution in [0.5, 0.6) is 0 Å². The fraction of sp³-hybridized carbons (Fsp3) is 1.00. The van der Waals surface area contributed by atoms with Gasteiger partial charge in [-0.2, -0.15) is 0 Å². The molecular formula is C8H18N2O. The van der Waals surface area contributed by atoms with Gasteiger partial charge in [-0.15, -0.1) is 0 Å². The van der Waals surface area contributed by atoms with Gasteiger partial charge in [-0.05, 0) is 13.8 Å². The third-order valence-corrected chi connectivity index (χ3v) is 2.48. The van der Waals surface area contributed by atoms with Crippen molar-refractivity contribution in [2.45, 2.75) is 25.9 Å². The fourth-order valence-electron chi connectivity index (χ4n) is 1.55. The summed E-state index contributed by atoms with van der Waals surface area (Å²) in [4.78, 5) is 2.31. The summed E-state index contributed by atoms with van der Waals surface area (Å²) in [5.74, 6) is 0.289. The maximum atomic E-state index is 8.93. The highest BCUT2D eigenvalue weighted by Crippen LogP contribution is 2.16. The average molecular weight is 158 g/mol. The molecule has 3 nitrogen and oxygen atoms in total. The minimum atomic E-state index is 0.169. The predicted octanol–water partition coefficient (Wildman–Crippen LogP) is -0.354. The molecule has 1 heterocycles. The normalized spacial score (nSPS) is 33.5. The Bertz CT molecular complexity index is 127. The molecule has 3 heteroatoms. The molecular weight excluding hydrogens is 140 g/mol. The highest BCUT2D eigenvalue weighted by Gasteiger charge is 2.30. The van der Waals surface area contributed by atoms with Gasteiger partial charge in [0.05, 0.1) is 0 Å². The molecule has 66 valence electrons. The molecule has 0 aromatic rings. The SMILES string of the molecule is CC(C)N1C[C@H](CO)[C@H](N)C1. The quantitative estimate of drug-likeness (QED) is 0.577. The van der Waals surface area contributed by atoms with E-state index in [4.69, 9.17) is 10.8 Å². The van der Waals surface area contributed by atoms with Crippen LogP contribution in [-0.4, -0.2) is 41.8 Å². The van der Waals surface area contributed by atoms with Crippen LogP contribution in [0.25, 0.3) is 0 Å². The van der Waals surface area contributed by atoms with Crippen molar-refractivity contribution in [1.82, 2.24) is 4.90 Å². The topological polar surface area (TPSA) is 49.5 Å². The Hall–Kier alpha value is -0.120. The maximum Gasteiger partial charge on any atom is 0.0486 e. The lowest BCUT2D eigenvalue weighted by Crippen LogP contribution is -2.32. The lowest BCUT2D eigenvalue weighted by molar-refractivity contribution is 0.206. The van der Waals surface area contributed by atoms with E-state index in [-0.39, 0.29) is 18.6 Å². The summed E-state index contributed by atoms with van der Waals surface area (Å²) in [6, 6.07) is 0.722. The van der Waals surface area contributed by atoms with E-state index in [2.05, 4.69) is 18.7 Å². The molecule has 0 aromatic carbocycles. The first-order valence-electron chi connectivity index (χ1n) is 4.25. The van der Waals surface area contributed by atoms with Gasteiger partial charge in [-0.25, -0.2) is 0 Å². The second-order valence-electron chi connectivity index (χ2n) is 3.65. The lowest BCUT2D eigenvalue weighted by Gasteiger charge is -2.19. The maximum absolute atomic E-state index is 8.93. The van der Waals surface area contributed by atoms with E-state index in [0.717, 1.165) is 13.1 Å². The highest BCUT2D eigenvalue weighted by molar-refractivity contribution is 4.87. The number of aliphatic hydroxyl groups excluding tert-OH is 1. The largest absolute Gasteiger partial charge is 0.396 e. The first-order valence-corrected chi connectivity index (χ1v) is 4.25. The van der Waals surface area contributed by atoms with Crippen LogP contribution in [0.1, 0.15) is 13.8 Å². The van der Waals surface area contributed by atoms with Gasteiger partial charge in [0.1, 0.15) is 0 Å². The lowest BCUT2D eigenvalue weighted by atomic mass is 10.1. The van der Waals surface area contributed by atoms with Crippen LogP contribution in [0.2, 0.25) is 0 Å². The van der Waals surface area contributed by atoms with Crippen molar-refractivity contribution >= 4 is 0 Å². The van der Waals surface area contributed by atoms with E-state index < -0.39 is 0 Å². The first-order chi connectivity index (χ1) is 5.15. The van der Waals surface area contributed by atoms with Crippen LogP contribution in [0, 0.1) is 5.92 Å². The van der Waals surface area contributed by atoms with Crippen LogP contribution in [0.15, 0.2) is 0 Å². The van der Waals surface area contributed by atoms with E-state index in [1.807, 2.05) is 0 Å². The van der Waals surface area contributed by atoms with E-state index in [0.29, 0.717) is 6.04 Å². The van der Waals surface area contributed by atoms with Crippen molar-refractivity contribution in [3.8, 4) is 0 Å². The molecule has 0 radical (unpaired) electrons. The van der Waals surface area contributed by atoms with E-state index >= 15 is 0 Å². The van der Waals surface area contributed by atoms with Gasteiger partial charge in [0, 0.05) is 37.7 Å². The summed E-state index contributed by atoms with van der Waals surface area (Å²) in [5.41, 5.74) is 5.82. The zero-order valence-electron chi connectivity index (χ0n) is 7.33. The Morgan fingerprint density at radius 1 is 1.55 bits per heavy atom. The van der Waals surface area contributed by atoms with Gasteiger partial charge in [-0.3, -0.25) is 4.90 Å². The number of hydrogen-bond acceptors (Lipinski definition) is 3. The number of nitrogens with two attached hydrogens (primary N) is 1. The molecule has 0 aliphatic carbocycles. The van der Waals surface area contributed by atoms with Gasteiger partial charge in [0.25, 0.3) is 0 Å². The van der Waals surface area contributed by atoms with Crippen molar-refractivity contribution in [3.63, 3.8) is 0 Å². The molecule has 3 N–H and O–H groups in total. The van der Waals surface area contributed by atoms with Crippen molar-refractivity contribution < 1.29 is 5.11 Å². The summed E-state index contributed by atoms with van der Waals surface area (Å²) < 4.78 is 0. The van der Waals surface area contributed by atoms with Gasteiger partial charge in [0.2, 0.25) is 0 Å². The van der Waals surface area contributed by atoms with Crippen LogP contribution >= 0.6 is 0 Å². The van der Waals surface area contributed by atoms with Gasteiger partial charge >= 0.3 is 0 Å². The van der Waals surface area contributed by atoms with Crippen molar-refractivity contribution in [1.29, 1.82) is 0 Å². The Morgan fingerprint density at radius 2 is 2.18 bits per heavy atom. The summed E-state index contributed by atoms with van der Waals surface area (Å²) in [7, 11) is 0. The van der Waals surface area contributed by atoms with Crippen LogP contribution < -0.4 is 5.73 Å². The summed E-state index contributed by atoms with van der Waals surface area (Å²) in [6.07, 6.45) is 0. The minimum Gasteiger partial charge on any atom is -0.396 e. The van der Waals surface area contributed by atoms with Gasteiger partial charge in [-0.1, -0.05) is 0 Å². The second-order valence-corrected chi connectivity index (χ2v) is 3.65. The molecule has 2 atom stereocenters. The Balaban J connectivity index is 2.43. The summed E-state index contributed by atoms with van der Waals surface area (Å²) in [5, 5.41) is 8.93.